The highest BCUT2D eigenvalue weighted by atomic mass is 19.1. The maximum Gasteiger partial charge on any atom is 0.251 e. The standard InChI is InChI=1S/C21H20FN5O2/c22-16-6-2-1-4-14(16)10-20(29)27-9-3-5-15(13-27)17-11-19(28)26-21(25-17)18-12-23-7-8-24-18/h1-2,4,6-8,11-12,15H,3,5,9-10,13H2,(H,25,26,28). The number of carbonyl (C=O) groups excluding carboxylic acids is 1. The molecular formula is C21H20FN5O2. The van der Waals surface area contributed by atoms with Crippen molar-refractivity contribution in [3.05, 3.63) is 76.4 Å². The van der Waals surface area contributed by atoms with E-state index in [1.165, 1.54) is 24.5 Å². The molecule has 1 aliphatic rings. The molecule has 2 aromatic heterocycles. The number of piperidine rings is 1. The van der Waals surface area contributed by atoms with E-state index in [1.54, 1.807) is 29.3 Å². The van der Waals surface area contributed by atoms with Crippen LogP contribution in [-0.4, -0.2) is 43.8 Å². The van der Waals surface area contributed by atoms with Crippen LogP contribution in [0, 0.1) is 5.82 Å². The van der Waals surface area contributed by atoms with E-state index in [0.717, 1.165) is 12.8 Å². The fourth-order valence-electron chi connectivity index (χ4n) is 3.59. The molecule has 148 valence electrons. The number of hydrogen-bond donors (Lipinski definition) is 1. The molecule has 0 saturated carbocycles. The molecule has 29 heavy (non-hydrogen) atoms. The second kappa shape index (κ2) is 8.30. The van der Waals surface area contributed by atoms with Crippen molar-refractivity contribution in [2.45, 2.75) is 25.2 Å². The normalized spacial score (nSPS) is 16.6. The molecule has 7 nitrogen and oxygen atoms in total. The third-order valence-corrected chi connectivity index (χ3v) is 5.06. The lowest BCUT2D eigenvalue weighted by Crippen LogP contribution is -2.40. The van der Waals surface area contributed by atoms with E-state index in [0.29, 0.717) is 35.9 Å². The van der Waals surface area contributed by atoms with Gasteiger partial charge in [0.25, 0.3) is 5.56 Å². The predicted octanol–water partition coefficient (Wildman–Crippen LogP) is 2.31. The van der Waals surface area contributed by atoms with Crippen LogP contribution in [0.5, 0.6) is 0 Å². The van der Waals surface area contributed by atoms with Crippen molar-refractivity contribution >= 4 is 5.91 Å². The molecule has 0 aliphatic carbocycles. The van der Waals surface area contributed by atoms with Crippen molar-refractivity contribution < 1.29 is 9.18 Å². The summed E-state index contributed by atoms with van der Waals surface area (Å²) >= 11 is 0. The fourth-order valence-corrected chi connectivity index (χ4v) is 3.59. The van der Waals surface area contributed by atoms with E-state index in [4.69, 9.17) is 0 Å². The third-order valence-electron chi connectivity index (χ3n) is 5.06. The van der Waals surface area contributed by atoms with Crippen LogP contribution in [0.3, 0.4) is 0 Å². The number of hydrogen-bond acceptors (Lipinski definition) is 5. The molecule has 3 heterocycles. The first-order chi connectivity index (χ1) is 14.1. The number of halogens is 1. The zero-order chi connectivity index (χ0) is 20.2. The van der Waals surface area contributed by atoms with Gasteiger partial charge < -0.3 is 9.88 Å². The van der Waals surface area contributed by atoms with E-state index in [2.05, 4.69) is 19.9 Å². The smallest absolute Gasteiger partial charge is 0.251 e. The molecule has 1 amide bonds. The van der Waals surface area contributed by atoms with Crippen LogP contribution < -0.4 is 5.56 Å². The molecule has 1 aromatic carbocycles. The molecule has 0 spiro atoms. The number of amides is 1. The first kappa shape index (κ1) is 18.9. The van der Waals surface area contributed by atoms with Crippen molar-refractivity contribution in [3.8, 4) is 11.5 Å². The number of H-pyrrole nitrogens is 1. The van der Waals surface area contributed by atoms with Gasteiger partial charge in [0.05, 0.1) is 18.3 Å². The Labute approximate surface area is 166 Å². The molecule has 0 radical (unpaired) electrons. The quantitative estimate of drug-likeness (QED) is 0.734. The van der Waals surface area contributed by atoms with Crippen molar-refractivity contribution in [1.82, 2.24) is 24.8 Å². The Morgan fingerprint density at radius 3 is 2.93 bits per heavy atom. The van der Waals surface area contributed by atoms with E-state index in [-0.39, 0.29) is 29.6 Å². The van der Waals surface area contributed by atoms with Crippen LogP contribution in [0.1, 0.15) is 30.0 Å². The van der Waals surface area contributed by atoms with Gasteiger partial charge in [-0.15, -0.1) is 0 Å². The summed E-state index contributed by atoms with van der Waals surface area (Å²) in [6, 6.07) is 7.78. The van der Waals surface area contributed by atoms with E-state index >= 15 is 0 Å². The Hall–Kier alpha value is -3.42. The van der Waals surface area contributed by atoms with Crippen molar-refractivity contribution in [1.29, 1.82) is 0 Å². The van der Waals surface area contributed by atoms with Crippen molar-refractivity contribution in [2.75, 3.05) is 13.1 Å². The number of rotatable bonds is 4. The van der Waals surface area contributed by atoms with Crippen LogP contribution in [0.25, 0.3) is 11.5 Å². The predicted molar refractivity (Wildman–Crippen MR) is 105 cm³/mol. The number of nitrogens with zero attached hydrogens (tertiary/aromatic N) is 4. The summed E-state index contributed by atoms with van der Waals surface area (Å²) in [5.41, 5.74) is 1.22. The van der Waals surface area contributed by atoms with E-state index < -0.39 is 0 Å². The van der Waals surface area contributed by atoms with Gasteiger partial charge >= 0.3 is 0 Å². The molecule has 1 fully saturated rings. The molecule has 3 aromatic rings. The van der Waals surface area contributed by atoms with Crippen LogP contribution in [-0.2, 0) is 11.2 Å². The van der Waals surface area contributed by atoms with E-state index in [1.807, 2.05) is 0 Å². The SMILES string of the molecule is O=C(Cc1ccccc1F)N1CCCC(c2cc(=O)[nH]c(-c3cnccn3)n2)C1. The summed E-state index contributed by atoms with van der Waals surface area (Å²) in [6.45, 7) is 1.06. The lowest BCUT2D eigenvalue weighted by molar-refractivity contribution is -0.131. The van der Waals surface area contributed by atoms with Gasteiger partial charge in [0.1, 0.15) is 11.5 Å². The average molecular weight is 393 g/mol. The molecular weight excluding hydrogens is 373 g/mol. The molecule has 1 N–H and O–H groups in total. The summed E-state index contributed by atoms with van der Waals surface area (Å²) < 4.78 is 13.9. The number of aromatic amines is 1. The Morgan fingerprint density at radius 2 is 2.14 bits per heavy atom. The molecule has 1 unspecified atom stereocenters. The molecule has 1 aliphatic heterocycles. The third kappa shape index (κ3) is 4.37. The largest absolute Gasteiger partial charge is 0.342 e. The molecule has 4 rings (SSSR count). The van der Waals surface area contributed by atoms with Gasteiger partial charge in [-0.05, 0) is 24.5 Å². The number of aromatic nitrogens is 4. The maximum absolute atomic E-state index is 13.9. The number of nitrogens with one attached hydrogen (secondary N) is 1. The van der Waals surface area contributed by atoms with Crippen LogP contribution in [0.4, 0.5) is 4.39 Å². The number of likely N-dealkylation sites (tertiary alicyclic amines) is 1. The van der Waals surface area contributed by atoms with Crippen LogP contribution >= 0.6 is 0 Å². The Balaban J connectivity index is 1.53. The van der Waals surface area contributed by atoms with Gasteiger partial charge in [-0.2, -0.15) is 0 Å². The highest BCUT2D eigenvalue weighted by Crippen LogP contribution is 2.26. The first-order valence-corrected chi connectivity index (χ1v) is 9.49. The zero-order valence-corrected chi connectivity index (χ0v) is 15.7. The minimum Gasteiger partial charge on any atom is -0.342 e. The van der Waals surface area contributed by atoms with Crippen LogP contribution in [0.15, 0.2) is 53.7 Å². The zero-order valence-electron chi connectivity index (χ0n) is 15.7. The van der Waals surface area contributed by atoms with Gasteiger partial charge in [0.2, 0.25) is 5.91 Å². The van der Waals surface area contributed by atoms with Gasteiger partial charge in [-0.1, -0.05) is 18.2 Å². The lowest BCUT2D eigenvalue weighted by atomic mass is 9.94. The van der Waals surface area contributed by atoms with Gasteiger partial charge in [0.15, 0.2) is 5.82 Å². The molecule has 0 bridgehead atoms. The molecule has 1 atom stereocenters. The minimum absolute atomic E-state index is 0.0209. The monoisotopic (exact) mass is 393 g/mol. The Bertz CT molecular complexity index is 1070. The summed E-state index contributed by atoms with van der Waals surface area (Å²) in [6.07, 6.45) is 6.25. The topological polar surface area (TPSA) is 91.8 Å². The minimum atomic E-state index is -0.376. The second-order valence-electron chi connectivity index (χ2n) is 7.06. The van der Waals surface area contributed by atoms with Gasteiger partial charge in [-0.3, -0.25) is 14.6 Å². The lowest BCUT2D eigenvalue weighted by Gasteiger charge is -2.32. The summed E-state index contributed by atoms with van der Waals surface area (Å²) in [5, 5.41) is 0. The Kier molecular flexibility index (Phi) is 5.41. The summed E-state index contributed by atoms with van der Waals surface area (Å²) in [4.78, 5) is 42.0. The van der Waals surface area contributed by atoms with Crippen molar-refractivity contribution in [3.63, 3.8) is 0 Å². The van der Waals surface area contributed by atoms with Crippen molar-refractivity contribution in [2.24, 2.45) is 0 Å². The second-order valence-corrected chi connectivity index (χ2v) is 7.06. The highest BCUT2D eigenvalue weighted by molar-refractivity contribution is 5.79. The molecule has 8 heteroatoms. The summed E-state index contributed by atoms with van der Waals surface area (Å²) in [5.74, 6) is -0.209. The van der Waals surface area contributed by atoms with E-state index in [9.17, 15) is 14.0 Å². The maximum atomic E-state index is 13.9. The van der Waals surface area contributed by atoms with Crippen LogP contribution in [0.2, 0.25) is 0 Å². The average Bonchev–Trinajstić information content (AvgIpc) is 2.75. The fraction of sp³-hybridized carbons (Fsp3) is 0.286. The number of carbonyl (C=O) groups is 1. The highest BCUT2D eigenvalue weighted by Gasteiger charge is 2.26. The molecule has 1 saturated heterocycles. The first-order valence-electron chi connectivity index (χ1n) is 9.49. The number of benzene rings is 1. The van der Waals surface area contributed by atoms with Gasteiger partial charge in [-0.25, -0.2) is 14.4 Å². The van der Waals surface area contributed by atoms with Gasteiger partial charge in [0, 0.05) is 37.5 Å². The Morgan fingerprint density at radius 1 is 1.28 bits per heavy atom. The summed E-state index contributed by atoms with van der Waals surface area (Å²) in [7, 11) is 0.